The van der Waals surface area contributed by atoms with E-state index in [0.717, 1.165) is 25.1 Å². The highest BCUT2D eigenvalue weighted by atomic mass is 19.4. The SMILES string of the molecule is CC(O)(c1ccc(C(F)(F)F)cc1)C1CCNC1. The Morgan fingerprint density at radius 2 is 1.72 bits per heavy atom. The van der Waals surface area contributed by atoms with Crippen LogP contribution < -0.4 is 5.32 Å². The first-order valence-corrected chi connectivity index (χ1v) is 5.92. The second kappa shape index (κ2) is 4.55. The zero-order valence-corrected chi connectivity index (χ0v) is 10.1. The Labute approximate surface area is 104 Å². The molecule has 2 N–H and O–H groups in total. The van der Waals surface area contributed by atoms with E-state index in [1.54, 1.807) is 6.92 Å². The van der Waals surface area contributed by atoms with Crippen LogP contribution in [0.3, 0.4) is 0 Å². The van der Waals surface area contributed by atoms with Crippen molar-refractivity contribution in [2.75, 3.05) is 13.1 Å². The van der Waals surface area contributed by atoms with Crippen LogP contribution in [0.1, 0.15) is 24.5 Å². The zero-order valence-electron chi connectivity index (χ0n) is 10.1. The number of nitrogens with one attached hydrogen (secondary N) is 1. The molecule has 0 amide bonds. The Balaban J connectivity index is 2.23. The maximum Gasteiger partial charge on any atom is 0.416 e. The third-order valence-corrected chi connectivity index (χ3v) is 3.65. The molecule has 1 fully saturated rings. The predicted octanol–water partition coefficient (Wildman–Crippen LogP) is 2.52. The molecule has 2 rings (SSSR count). The number of benzene rings is 1. The molecular formula is C13H16F3NO. The summed E-state index contributed by atoms with van der Waals surface area (Å²) in [4.78, 5) is 0. The van der Waals surface area contributed by atoms with Crippen LogP contribution in [0.2, 0.25) is 0 Å². The van der Waals surface area contributed by atoms with Crippen LogP contribution in [0.25, 0.3) is 0 Å². The van der Waals surface area contributed by atoms with Crippen molar-refractivity contribution in [1.29, 1.82) is 0 Å². The first kappa shape index (κ1) is 13.4. The number of aliphatic hydroxyl groups is 1. The average molecular weight is 259 g/mol. The van der Waals surface area contributed by atoms with E-state index in [9.17, 15) is 18.3 Å². The molecule has 2 unspecified atom stereocenters. The number of rotatable bonds is 2. The number of alkyl halides is 3. The Bertz CT molecular complexity index is 405. The molecule has 2 nitrogen and oxygen atoms in total. The normalized spacial score (nSPS) is 23.9. The van der Waals surface area contributed by atoms with Crippen LogP contribution in [-0.4, -0.2) is 18.2 Å². The fraction of sp³-hybridized carbons (Fsp3) is 0.538. The Kier molecular flexibility index (Phi) is 3.38. The second-order valence-electron chi connectivity index (χ2n) is 4.91. The van der Waals surface area contributed by atoms with E-state index in [-0.39, 0.29) is 5.92 Å². The monoisotopic (exact) mass is 259 g/mol. The standard InChI is InChI=1S/C13H16F3NO/c1-12(18,11-6-7-17-8-11)9-2-4-10(5-3-9)13(14,15)16/h2-5,11,17-18H,6-8H2,1H3. The largest absolute Gasteiger partial charge is 0.416 e. The molecule has 0 aliphatic carbocycles. The molecule has 0 spiro atoms. The molecule has 0 radical (unpaired) electrons. The molecule has 1 aliphatic heterocycles. The van der Waals surface area contributed by atoms with Crippen molar-refractivity contribution in [3.05, 3.63) is 35.4 Å². The zero-order chi connectivity index (χ0) is 13.4. The Hall–Kier alpha value is -1.07. The summed E-state index contributed by atoms with van der Waals surface area (Å²) in [7, 11) is 0. The molecule has 0 bridgehead atoms. The lowest BCUT2D eigenvalue weighted by molar-refractivity contribution is -0.137. The molecule has 100 valence electrons. The summed E-state index contributed by atoms with van der Waals surface area (Å²) in [5.74, 6) is 0.0363. The molecule has 18 heavy (non-hydrogen) atoms. The highest BCUT2D eigenvalue weighted by Crippen LogP contribution is 2.35. The fourth-order valence-electron chi connectivity index (χ4n) is 2.37. The van der Waals surface area contributed by atoms with Crippen molar-refractivity contribution < 1.29 is 18.3 Å². The minimum absolute atomic E-state index is 0.0363. The lowest BCUT2D eigenvalue weighted by atomic mass is 9.82. The molecule has 0 saturated carbocycles. The van der Waals surface area contributed by atoms with Gasteiger partial charge < -0.3 is 10.4 Å². The van der Waals surface area contributed by atoms with Gasteiger partial charge in [0.2, 0.25) is 0 Å². The van der Waals surface area contributed by atoms with E-state index in [4.69, 9.17) is 0 Å². The van der Waals surface area contributed by atoms with Gasteiger partial charge in [0.15, 0.2) is 0 Å². The van der Waals surface area contributed by atoms with Gasteiger partial charge in [-0.05, 0) is 37.6 Å². The lowest BCUT2D eigenvalue weighted by Gasteiger charge is -2.30. The number of hydrogen-bond acceptors (Lipinski definition) is 2. The first-order valence-electron chi connectivity index (χ1n) is 5.92. The van der Waals surface area contributed by atoms with Gasteiger partial charge in [0.25, 0.3) is 0 Å². The Morgan fingerprint density at radius 3 is 2.17 bits per heavy atom. The van der Waals surface area contributed by atoms with Crippen LogP contribution >= 0.6 is 0 Å². The number of hydrogen-bond donors (Lipinski definition) is 2. The molecule has 1 aliphatic rings. The highest BCUT2D eigenvalue weighted by Gasteiger charge is 2.36. The van der Waals surface area contributed by atoms with E-state index in [2.05, 4.69) is 5.32 Å². The van der Waals surface area contributed by atoms with Crippen molar-refractivity contribution in [3.63, 3.8) is 0 Å². The second-order valence-corrected chi connectivity index (χ2v) is 4.91. The quantitative estimate of drug-likeness (QED) is 0.855. The summed E-state index contributed by atoms with van der Waals surface area (Å²) in [5, 5.41) is 13.6. The molecule has 0 aromatic heterocycles. The van der Waals surface area contributed by atoms with Crippen molar-refractivity contribution in [2.24, 2.45) is 5.92 Å². The maximum atomic E-state index is 12.4. The van der Waals surface area contributed by atoms with Crippen LogP contribution in [0.5, 0.6) is 0 Å². The summed E-state index contributed by atoms with van der Waals surface area (Å²) in [6.45, 7) is 3.18. The minimum atomic E-state index is -4.33. The summed E-state index contributed by atoms with van der Waals surface area (Å²) in [6.07, 6.45) is -3.51. The van der Waals surface area contributed by atoms with Gasteiger partial charge in [-0.1, -0.05) is 12.1 Å². The molecule has 1 heterocycles. The van der Waals surface area contributed by atoms with Crippen LogP contribution in [0.15, 0.2) is 24.3 Å². The van der Waals surface area contributed by atoms with Crippen molar-refractivity contribution >= 4 is 0 Å². The maximum absolute atomic E-state index is 12.4. The van der Waals surface area contributed by atoms with Crippen LogP contribution in [-0.2, 0) is 11.8 Å². The van der Waals surface area contributed by atoms with Gasteiger partial charge in [-0.3, -0.25) is 0 Å². The summed E-state index contributed by atoms with van der Waals surface area (Å²) in [5.41, 5.74) is -1.25. The topological polar surface area (TPSA) is 32.3 Å². The summed E-state index contributed by atoms with van der Waals surface area (Å²) >= 11 is 0. The van der Waals surface area contributed by atoms with Gasteiger partial charge in [-0.25, -0.2) is 0 Å². The van der Waals surface area contributed by atoms with Crippen LogP contribution in [0.4, 0.5) is 13.2 Å². The van der Waals surface area contributed by atoms with Gasteiger partial charge in [0, 0.05) is 12.5 Å². The fourth-order valence-corrected chi connectivity index (χ4v) is 2.37. The van der Waals surface area contributed by atoms with E-state index in [0.29, 0.717) is 12.1 Å². The summed E-state index contributed by atoms with van der Waals surface area (Å²) in [6, 6.07) is 4.76. The van der Waals surface area contributed by atoms with Gasteiger partial charge >= 0.3 is 6.18 Å². The molecule has 1 aromatic carbocycles. The summed E-state index contributed by atoms with van der Waals surface area (Å²) < 4.78 is 37.3. The minimum Gasteiger partial charge on any atom is -0.385 e. The van der Waals surface area contributed by atoms with Crippen molar-refractivity contribution in [3.8, 4) is 0 Å². The predicted molar refractivity (Wildman–Crippen MR) is 62.0 cm³/mol. The third kappa shape index (κ3) is 2.52. The highest BCUT2D eigenvalue weighted by molar-refractivity contribution is 5.29. The smallest absolute Gasteiger partial charge is 0.385 e. The van der Waals surface area contributed by atoms with Gasteiger partial charge in [-0.2, -0.15) is 13.2 Å². The average Bonchev–Trinajstić information content (AvgIpc) is 2.82. The van der Waals surface area contributed by atoms with E-state index in [1.807, 2.05) is 0 Å². The molecule has 1 saturated heterocycles. The van der Waals surface area contributed by atoms with Crippen LogP contribution in [0, 0.1) is 5.92 Å². The Morgan fingerprint density at radius 1 is 1.17 bits per heavy atom. The van der Waals surface area contributed by atoms with E-state index < -0.39 is 17.3 Å². The van der Waals surface area contributed by atoms with Gasteiger partial charge in [0.05, 0.1) is 11.2 Å². The molecule has 5 heteroatoms. The first-order chi connectivity index (χ1) is 8.32. The van der Waals surface area contributed by atoms with Crippen molar-refractivity contribution in [1.82, 2.24) is 5.32 Å². The molecule has 1 aromatic rings. The number of halogens is 3. The van der Waals surface area contributed by atoms with Gasteiger partial charge in [0.1, 0.15) is 0 Å². The lowest BCUT2D eigenvalue weighted by Crippen LogP contribution is -2.33. The third-order valence-electron chi connectivity index (χ3n) is 3.65. The van der Waals surface area contributed by atoms with Gasteiger partial charge in [-0.15, -0.1) is 0 Å². The molecule has 2 atom stereocenters. The van der Waals surface area contributed by atoms with E-state index >= 15 is 0 Å². The molecular weight excluding hydrogens is 243 g/mol. The van der Waals surface area contributed by atoms with E-state index in [1.165, 1.54) is 12.1 Å². The van der Waals surface area contributed by atoms with Crippen molar-refractivity contribution in [2.45, 2.75) is 25.1 Å².